The third kappa shape index (κ3) is 4.82. The standard InChI is InChI=1S/C14H17ClN4O4/c15-11-5-4-10(9-12(11)19(22)23)17-14(21)16-6-2-8-18-7-1-3-13(18)20/h4-5,9H,1-3,6-8H2,(H2,16,17,21). The van der Waals surface area contributed by atoms with Crippen molar-refractivity contribution in [3.05, 3.63) is 33.3 Å². The molecule has 1 fully saturated rings. The number of urea groups is 1. The maximum atomic E-state index is 11.7. The number of likely N-dealkylation sites (tertiary alicyclic amines) is 1. The summed E-state index contributed by atoms with van der Waals surface area (Å²) in [5, 5.41) is 15.9. The van der Waals surface area contributed by atoms with E-state index in [9.17, 15) is 19.7 Å². The van der Waals surface area contributed by atoms with E-state index in [0.29, 0.717) is 25.9 Å². The average molecular weight is 341 g/mol. The number of hydrogen-bond acceptors (Lipinski definition) is 4. The molecule has 0 saturated carbocycles. The molecule has 1 aromatic rings. The summed E-state index contributed by atoms with van der Waals surface area (Å²) in [6.07, 6.45) is 2.14. The lowest BCUT2D eigenvalue weighted by Crippen LogP contribution is -2.33. The largest absolute Gasteiger partial charge is 0.343 e. The van der Waals surface area contributed by atoms with Crippen LogP contribution in [0.5, 0.6) is 0 Å². The van der Waals surface area contributed by atoms with Gasteiger partial charge in [0.1, 0.15) is 5.02 Å². The van der Waals surface area contributed by atoms with Gasteiger partial charge in [-0.25, -0.2) is 4.79 Å². The highest BCUT2D eigenvalue weighted by Crippen LogP contribution is 2.27. The lowest BCUT2D eigenvalue weighted by atomic mass is 10.3. The van der Waals surface area contributed by atoms with Gasteiger partial charge in [-0.1, -0.05) is 11.6 Å². The Morgan fingerprint density at radius 1 is 1.43 bits per heavy atom. The number of benzene rings is 1. The average Bonchev–Trinajstić information content (AvgIpc) is 2.91. The van der Waals surface area contributed by atoms with Gasteiger partial charge in [-0.3, -0.25) is 14.9 Å². The molecule has 1 saturated heterocycles. The summed E-state index contributed by atoms with van der Waals surface area (Å²) >= 11 is 5.70. The Morgan fingerprint density at radius 3 is 2.87 bits per heavy atom. The minimum Gasteiger partial charge on any atom is -0.343 e. The van der Waals surface area contributed by atoms with Crippen molar-refractivity contribution in [1.82, 2.24) is 10.2 Å². The molecule has 9 heteroatoms. The smallest absolute Gasteiger partial charge is 0.319 e. The van der Waals surface area contributed by atoms with Crippen molar-refractivity contribution in [2.45, 2.75) is 19.3 Å². The molecule has 0 spiro atoms. The summed E-state index contributed by atoms with van der Waals surface area (Å²) in [5.41, 5.74) is 0.0188. The van der Waals surface area contributed by atoms with E-state index in [-0.39, 0.29) is 22.3 Å². The Hall–Kier alpha value is -2.35. The SMILES string of the molecule is O=C(NCCCN1CCCC1=O)Nc1ccc(Cl)c([N+](=O)[O-])c1. The topological polar surface area (TPSA) is 105 Å². The van der Waals surface area contributed by atoms with Crippen LogP contribution in [-0.4, -0.2) is 41.4 Å². The van der Waals surface area contributed by atoms with Crippen molar-refractivity contribution >= 4 is 34.9 Å². The molecule has 0 aromatic heterocycles. The molecule has 0 unspecified atom stereocenters. The lowest BCUT2D eigenvalue weighted by molar-refractivity contribution is -0.384. The molecule has 124 valence electrons. The second-order valence-electron chi connectivity index (χ2n) is 5.14. The Bertz CT molecular complexity index is 623. The first-order chi connectivity index (χ1) is 11.0. The van der Waals surface area contributed by atoms with Gasteiger partial charge in [-0.2, -0.15) is 0 Å². The zero-order chi connectivity index (χ0) is 16.8. The Balaban J connectivity index is 1.75. The van der Waals surface area contributed by atoms with E-state index in [1.165, 1.54) is 18.2 Å². The number of rotatable bonds is 6. The van der Waals surface area contributed by atoms with Crippen LogP contribution >= 0.6 is 11.6 Å². The zero-order valence-electron chi connectivity index (χ0n) is 12.4. The van der Waals surface area contributed by atoms with Crippen LogP contribution in [0.2, 0.25) is 5.02 Å². The molecule has 8 nitrogen and oxygen atoms in total. The number of amides is 3. The molecule has 2 rings (SSSR count). The Morgan fingerprint density at radius 2 is 2.22 bits per heavy atom. The fourth-order valence-corrected chi connectivity index (χ4v) is 2.50. The predicted molar refractivity (Wildman–Crippen MR) is 85.6 cm³/mol. The fraction of sp³-hybridized carbons (Fsp3) is 0.429. The molecule has 0 aliphatic carbocycles. The molecule has 3 amide bonds. The minimum absolute atomic E-state index is 0.0104. The Labute approximate surface area is 137 Å². The molecule has 0 atom stereocenters. The molecule has 0 bridgehead atoms. The van der Waals surface area contributed by atoms with Gasteiger partial charge >= 0.3 is 6.03 Å². The lowest BCUT2D eigenvalue weighted by Gasteiger charge is -2.15. The molecule has 2 N–H and O–H groups in total. The third-order valence-electron chi connectivity index (χ3n) is 3.46. The summed E-state index contributed by atoms with van der Waals surface area (Å²) in [6.45, 7) is 1.80. The van der Waals surface area contributed by atoms with E-state index in [1.807, 2.05) is 0 Å². The van der Waals surface area contributed by atoms with Gasteiger partial charge in [0, 0.05) is 37.8 Å². The van der Waals surface area contributed by atoms with Gasteiger partial charge in [-0.15, -0.1) is 0 Å². The number of carbonyl (C=O) groups is 2. The van der Waals surface area contributed by atoms with Crippen LogP contribution in [0.25, 0.3) is 0 Å². The predicted octanol–water partition coefficient (Wildman–Crippen LogP) is 2.38. The highest BCUT2D eigenvalue weighted by atomic mass is 35.5. The normalized spacial score (nSPS) is 14.0. The second kappa shape index (κ2) is 7.77. The minimum atomic E-state index is -0.613. The highest BCUT2D eigenvalue weighted by molar-refractivity contribution is 6.32. The number of halogens is 1. The number of nitro benzene ring substituents is 1. The first-order valence-electron chi connectivity index (χ1n) is 7.24. The van der Waals surface area contributed by atoms with Gasteiger partial charge in [-0.05, 0) is 25.0 Å². The summed E-state index contributed by atoms with van der Waals surface area (Å²) in [5.74, 6) is 0.155. The number of nitrogens with zero attached hydrogens (tertiary/aromatic N) is 2. The summed E-state index contributed by atoms with van der Waals surface area (Å²) < 4.78 is 0. The molecule has 1 aliphatic heterocycles. The number of nitrogens with one attached hydrogen (secondary N) is 2. The van der Waals surface area contributed by atoms with Crippen molar-refractivity contribution in [2.75, 3.05) is 25.0 Å². The van der Waals surface area contributed by atoms with Crippen LogP contribution in [-0.2, 0) is 4.79 Å². The molecular weight excluding hydrogens is 324 g/mol. The quantitative estimate of drug-likeness (QED) is 0.471. The fourth-order valence-electron chi connectivity index (χ4n) is 2.32. The van der Waals surface area contributed by atoms with Crippen LogP contribution in [0.4, 0.5) is 16.2 Å². The van der Waals surface area contributed by atoms with Gasteiger partial charge in [0.05, 0.1) is 4.92 Å². The molecular formula is C14H17ClN4O4. The van der Waals surface area contributed by atoms with Gasteiger partial charge in [0.15, 0.2) is 0 Å². The third-order valence-corrected chi connectivity index (χ3v) is 3.78. The first kappa shape index (κ1) is 17.0. The maximum absolute atomic E-state index is 11.7. The zero-order valence-corrected chi connectivity index (χ0v) is 13.1. The van der Waals surface area contributed by atoms with E-state index >= 15 is 0 Å². The van der Waals surface area contributed by atoms with Crippen LogP contribution < -0.4 is 10.6 Å². The second-order valence-corrected chi connectivity index (χ2v) is 5.55. The van der Waals surface area contributed by atoms with Crippen molar-refractivity contribution in [2.24, 2.45) is 0 Å². The summed E-state index contributed by atoms with van der Waals surface area (Å²) in [7, 11) is 0. The van der Waals surface area contributed by atoms with Gasteiger partial charge < -0.3 is 15.5 Å². The summed E-state index contributed by atoms with van der Waals surface area (Å²) in [4.78, 5) is 35.1. The van der Waals surface area contributed by atoms with Crippen molar-refractivity contribution < 1.29 is 14.5 Å². The van der Waals surface area contributed by atoms with Crippen molar-refractivity contribution in [3.8, 4) is 0 Å². The van der Waals surface area contributed by atoms with Gasteiger partial charge in [0.2, 0.25) is 5.91 Å². The maximum Gasteiger partial charge on any atom is 0.319 e. The van der Waals surface area contributed by atoms with Crippen LogP contribution in [0.1, 0.15) is 19.3 Å². The van der Waals surface area contributed by atoms with Crippen molar-refractivity contribution in [3.63, 3.8) is 0 Å². The number of hydrogen-bond donors (Lipinski definition) is 2. The van der Waals surface area contributed by atoms with E-state index in [0.717, 1.165) is 13.0 Å². The monoisotopic (exact) mass is 340 g/mol. The molecule has 23 heavy (non-hydrogen) atoms. The number of anilines is 1. The Kier molecular flexibility index (Phi) is 5.75. The molecule has 1 heterocycles. The van der Waals surface area contributed by atoms with E-state index in [1.54, 1.807) is 4.90 Å². The van der Waals surface area contributed by atoms with Gasteiger partial charge in [0.25, 0.3) is 5.69 Å². The van der Waals surface area contributed by atoms with Crippen LogP contribution in [0.3, 0.4) is 0 Å². The van der Waals surface area contributed by atoms with Crippen LogP contribution in [0.15, 0.2) is 18.2 Å². The molecule has 1 aromatic carbocycles. The van der Waals surface area contributed by atoms with E-state index in [2.05, 4.69) is 10.6 Å². The molecule has 0 radical (unpaired) electrons. The summed E-state index contributed by atoms with van der Waals surface area (Å²) in [6, 6.07) is 3.58. The molecule has 1 aliphatic rings. The highest BCUT2D eigenvalue weighted by Gasteiger charge is 2.19. The van der Waals surface area contributed by atoms with Crippen molar-refractivity contribution in [1.29, 1.82) is 0 Å². The van der Waals surface area contributed by atoms with Crippen LogP contribution in [0, 0.1) is 10.1 Å². The first-order valence-corrected chi connectivity index (χ1v) is 7.62. The number of nitro groups is 1. The van der Waals surface area contributed by atoms with E-state index in [4.69, 9.17) is 11.6 Å². The van der Waals surface area contributed by atoms with E-state index < -0.39 is 11.0 Å². The number of carbonyl (C=O) groups excluding carboxylic acids is 2.